The van der Waals surface area contributed by atoms with Gasteiger partial charge in [0.1, 0.15) is 10.6 Å². The van der Waals surface area contributed by atoms with Gasteiger partial charge in [0.2, 0.25) is 5.28 Å². The van der Waals surface area contributed by atoms with E-state index in [-0.39, 0.29) is 0 Å². The van der Waals surface area contributed by atoms with Gasteiger partial charge in [-0.15, -0.1) is 22.7 Å². The zero-order valence-electron chi connectivity index (χ0n) is 11.1. The van der Waals surface area contributed by atoms with Crippen LogP contribution in [0.3, 0.4) is 0 Å². The smallest absolute Gasteiger partial charge is 0.225 e. The maximum absolute atomic E-state index is 6.05. The summed E-state index contributed by atoms with van der Waals surface area (Å²) < 4.78 is 0. The van der Waals surface area contributed by atoms with Gasteiger partial charge >= 0.3 is 0 Å². The predicted molar refractivity (Wildman–Crippen MR) is 89.0 cm³/mol. The second-order valence-corrected chi connectivity index (χ2v) is 6.85. The Kier molecular flexibility index (Phi) is 3.40. The fourth-order valence-electron chi connectivity index (χ4n) is 2.54. The number of fused-ring (bicyclic) bond motifs is 1. The highest BCUT2D eigenvalue weighted by Crippen LogP contribution is 2.30. The Bertz CT molecular complexity index is 749. The number of thiophene rings is 1. The van der Waals surface area contributed by atoms with Crippen LogP contribution in [0.15, 0.2) is 23.0 Å². The van der Waals surface area contributed by atoms with Crippen LogP contribution in [-0.2, 0) is 0 Å². The van der Waals surface area contributed by atoms with Crippen molar-refractivity contribution in [3.05, 3.63) is 28.3 Å². The monoisotopic (exact) mass is 337 g/mol. The fraction of sp³-hybridized carbons (Fsp3) is 0.308. The molecule has 0 atom stereocenters. The molecule has 0 N–H and O–H groups in total. The summed E-state index contributed by atoms with van der Waals surface area (Å²) in [5.41, 5.74) is 0. The normalized spacial score (nSPS) is 15.9. The van der Waals surface area contributed by atoms with Gasteiger partial charge in [-0.2, -0.15) is 4.98 Å². The number of anilines is 2. The third-order valence-corrected chi connectivity index (χ3v) is 5.35. The van der Waals surface area contributed by atoms with Crippen molar-refractivity contribution < 1.29 is 0 Å². The van der Waals surface area contributed by atoms with E-state index in [0.717, 1.165) is 47.3 Å². The summed E-state index contributed by atoms with van der Waals surface area (Å²) in [5.74, 6) is 0.949. The number of thiazole rings is 1. The van der Waals surface area contributed by atoms with E-state index in [1.54, 1.807) is 22.7 Å². The zero-order chi connectivity index (χ0) is 14.2. The molecule has 1 aliphatic rings. The van der Waals surface area contributed by atoms with E-state index in [1.165, 1.54) is 0 Å². The van der Waals surface area contributed by atoms with Crippen molar-refractivity contribution in [3.8, 4) is 0 Å². The van der Waals surface area contributed by atoms with Gasteiger partial charge in [0.15, 0.2) is 5.13 Å². The Morgan fingerprint density at radius 1 is 1.00 bits per heavy atom. The molecule has 0 saturated carbocycles. The van der Waals surface area contributed by atoms with E-state index in [0.29, 0.717) is 5.28 Å². The third kappa shape index (κ3) is 2.45. The molecule has 5 nitrogen and oxygen atoms in total. The van der Waals surface area contributed by atoms with Crippen LogP contribution in [0.2, 0.25) is 5.28 Å². The highest BCUT2D eigenvalue weighted by Gasteiger charge is 2.22. The van der Waals surface area contributed by atoms with E-state index in [2.05, 4.69) is 30.8 Å². The molecule has 0 radical (unpaired) electrons. The van der Waals surface area contributed by atoms with Crippen LogP contribution in [0.5, 0.6) is 0 Å². The minimum atomic E-state index is 0.322. The molecule has 3 aromatic rings. The van der Waals surface area contributed by atoms with Crippen molar-refractivity contribution in [1.82, 2.24) is 15.0 Å². The zero-order valence-corrected chi connectivity index (χ0v) is 13.5. The summed E-state index contributed by atoms with van der Waals surface area (Å²) >= 11 is 9.33. The molecule has 4 heterocycles. The Labute approximate surface area is 134 Å². The lowest BCUT2D eigenvalue weighted by atomic mass is 10.3. The van der Waals surface area contributed by atoms with Gasteiger partial charge in [0.25, 0.3) is 0 Å². The van der Waals surface area contributed by atoms with Crippen LogP contribution < -0.4 is 9.80 Å². The second kappa shape index (κ2) is 5.40. The van der Waals surface area contributed by atoms with Crippen molar-refractivity contribution in [3.63, 3.8) is 0 Å². The van der Waals surface area contributed by atoms with Gasteiger partial charge in [0.05, 0.1) is 5.39 Å². The molecule has 0 bridgehead atoms. The Hall–Kier alpha value is -1.44. The van der Waals surface area contributed by atoms with E-state index in [9.17, 15) is 0 Å². The number of rotatable bonds is 2. The summed E-state index contributed by atoms with van der Waals surface area (Å²) in [5, 5.41) is 6.55. The largest absolute Gasteiger partial charge is 0.352 e. The Morgan fingerprint density at radius 3 is 2.57 bits per heavy atom. The minimum Gasteiger partial charge on any atom is -0.352 e. The molecule has 8 heteroatoms. The molecular formula is C13H12ClN5S2. The average Bonchev–Trinajstić information content (AvgIpc) is 3.17. The van der Waals surface area contributed by atoms with Crippen LogP contribution in [-0.4, -0.2) is 41.1 Å². The van der Waals surface area contributed by atoms with Crippen LogP contribution in [0.25, 0.3) is 10.2 Å². The van der Waals surface area contributed by atoms with Crippen molar-refractivity contribution >= 4 is 55.4 Å². The van der Waals surface area contributed by atoms with Crippen molar-refractivity contribution in [2.75, 3.05) is 36.0 Å². The molecule has 0 aliphatic carbocycles. The minimum absolute atomic E-state index is 0.322. The maximum Gasteiger partial charge on any atom is 0.225 e. The second-order valence-electron chi connectivity index (χ2n) is 4.74. The average molecular weight is 338 g/mol. The molecule has 0 amide bonds. The van der Waals surface area contributed by atoms with E-state index >= 15 is 0 Å². The van der Waals surface area contributed by atoms with Gasteiger partial charge < -0.3 is 9.80 Å². The lowest BCUT2D eigenvalue weighted by Gasteiger charge is -2.35. The lowest BCUT2D eigenvalue weighted by Crippen LogP contribution is -2.46. The Balaban J connectivity index is 1.59. The maximum atomic E-state index is 6.05. The van der Waals surface area contributed by atoms with Crippen LogP contribution in [0.1, 0.15) is 0 Å². The van der Waals surface area contributed by atoms with Gasteiger partial charge in [0, 0.05) is 37.8 Å². The van der Waals surface area contributed by atoms with Gasteiger partial charge in [-0.05, 0) is 23.0 Å². The van der Waals surface area contributed by atoms with Crippen LogP contribution in [0, 0.1) is 0 Å². The first-order chi connectivity index (χ1) is 10.3. The highest BCUT2D eigenvalue weighted by molar-refractivity contribution is 7.16. The number of hydrogen-bond acceptors (Lipinski definition) is 7. The van der Waals surface area contributed by atoms with Crippen molar-refractivity contribution in [2.24, 2.45) is 0 Å². The fourth-order valence-corrected chi connectivity index (χ4v) is 4.21. The molecule has 108 valence electrons. The summed E-state index contributed by atoms with van der Waals surface area (Å²) in [6.07, 6.45) is 1.85. The number of aromatic nitrogens is 3. The lowest BCUT2D eigenvalue weighted by molar-refractivity contribution is 0.647. The molecule has 1 fully saturated rings. The Morgan fingerprint density at radius 2 is 1.81 bits per heavy atom. The number of halogens is 1. The molecule has 1 saturated heterocycles. The van der Waals surface area contributed by atoms with Crippen LogP contribution in [0.4, 0.5) is 10.9 Å². The molecule has 3 aromatic heterocycles. The van der Waals surface area contributed by atoms with Gasteiger partial charge in [-0.25, -0.2) is 9.97 Å². The van der Waals surface area contributed by atoms with Crippen molar-refractivity contribution in [2.45, 2.75) is 0 Å². The summed E-state index contributed by atoms with van der Waals surface area (Å²) in [4.78, 5) is 18.6. The van der Waals surface area contributed by atoms with E-state index in [1.807, 2.05) is 17.0 Å². The summed E-state index contributed by atoms with van der Waals surface area (Å²) in [6, 6.07) is 2.07. The standard InChI is InChI=1S/C13H12ClN5S2/c14-12-16-10(9-1-7-20-11(9)17-12)18-3-5-19(6-4-18)13-15-2-8-21-13/h1-2,7-8H,3-6H2. The summed E-state index contributed by atoms with van der Waals surface area (Å²) in [6.45, 7) is 3.72. The molecule has 0 aromatic carbocycles. The van der Waals surface area contributed by atoms with Gasteiger partial charge in [-0.3, -0.25) is 0 Å². The highest BCUT2D eigenvalue weighted by atomic mass is 35.5. The SMILES string of the molecule is Clc1nc(N2CCN(c3nccs3)CC2)c2ccsc2n1. The van der Waals surface area contributed by atoms with Crippen LogP contribution >= 0.6 is 34.3 Å². The molecule has 21 heavy (non-hydrogen) atoms. The first-order valence-electron chi connectivity index (χ1n) is 6.61. The topological polar surface area (TPSA) is 45.2 Å². The first kappa shape index (κ1) is 13.2. The third-order valence-electron chi connectivity index (χ3n) is 3.55. The molecule has 0 unspecified atom stereocenters. The molecular weight excluding hydrogens is 326 g/mol. The van der Waals surface area contributed by atoms with Gasteiger partial charge in [-0.1, -0.05) is 0 Å². The van der Waals surface area contributed by atoms with E-state index < -0.39 is 0 Å². The van der Waals surface area contributed by atoms with E-state index in [4.69, 9.17) is 11.6 Å². The quantitative estimate of drug-likeness (QED) is 0.672. The molecule has 1 aliphatic heterocycles. The number of nitrogens with zero attached hydrogens (tertiary/aromatic N) is 5. The number of hydrogen-bond donors (Lipinski definition) is 0. The molecule has 0 spiro atoms. The first-order valence-corrected chi connectivity index (χ1v) is 8.75. The summed E-state index contributed by atoms with van der Waals surface area (Å²) in [7, 11) is 0. The number of piperazine rings is 1. The predicted octanol–water partition coefficient (Wildman–Crippen LogP) is 3.13. The van der Waals surface area contributed by atoms with Crippen molar-refractivity contribution in [1.29, 1.82) is 0 Å². The molecule has 4 rings (SSSR count).